The van der Waals surface area contributed by atoms with E-state index in [1.165, 1.54) is 11.3 Å². The van der Waals surface area contributed by atoms with Crippen molar-refractivity contribution in [2.75, 3.05) is 38.1 Å². The summed E-state index contributed by atoms with van der Waals surface area (Å²) < 4.78 is 5.44. The molecule has 1 saturated heterocycles. The number of amides is 2. The van der Waals surface area contributed by atoms with Gasteiger partial charge >= 0.3 is 0 Å². The number of hydrogen-bond donors (Lipinski definition) is 3. The van der Waals surface area contributed by atoms with Gasteiger partial charge in [-0.2, -0.15) is 0 Å². The van der Waals surface area contributed by atoms with E-state index in [1.807, 2.05) is 4.90 Å². The summed E-state index contributed by atoms with van der Waals surface area (Å²) in [5, 5.41) is 4.93. The van der Waals surface area contributed by atoms with E-state index >= 15 is 0 Å². The molecule has 1 aromatic heterocycles. The first kappa shape index (κ1) is 14.9. The average Bonchev–Trinajstić information content (AvgIpc) is 2.87. The summed E-state index contributed by atoms with van der Waals surface area (Å²) >= 11 is 1.28. The number of rotatable bonds is 5. The first-order chi connectivity index (χ1) is 9.60. The number of hydrogen-bond acceptors (Lipinski definition) is 6. The van der Waals surface area contributed by atoms with Crippen LogP contribution in [0, 0.1) is 0 Å². The topological polar surface area (TPSA) is 111 Å². The third-order valence-corrected chi connectivity index (χ3v) is 3.87. The lowest BCUT2D eigenvalue weighted by molar-refractivity contribution is -0.119. The maximum atomic E-state index is 12.0. The van der Waals surface area contributed by atoms with Crippen molar-refractivity contribution in [2.24, 2.45) is 11.5 Å². The molecule has 1 aliphatic heterocycles. The summed E-state index contributed by atoms with van der Waals surface area (Å²) in [5.74, 6) is -0.719. The van der Waals surface area contributed by atoms with Gasteiger partial charge < -0.3 is 21.5 Å². The van der Waals surface area contributed by atoms with E-state index in [4.69, 9.17) is 16.2 Å². The highest BCUT2D eigenvalue weighted by Crippen LogP contribution is 2.22. The van der Waals surface area contributed by atoms with Crippen LogP contribution in [0.25, 0.3) is 0 Å². The number of nitrogens with one attached hydrogen (secondary N) is 1. The van der Waals surface area contributed by atoms with Crippen LogP contribution >= 0.6 is 11.3 Å². The maximum Gasteiger partial charge on any atom is 0.251 e. The Kier molecular flexibility index (Phi) is 5.07. The van der Waals surface area contributed by atoms with Gasteiger partial charge in [0.2, 0.25) is 5.91 Å². The highest BCUT2D eigenvalue weighted by atomic mass is 32.1. The van der Waals surface area contributed by atoms with Crippen molar-refractivity contribution in [3.8, 4) is 0 Å². The van der Waals surface area contributed by atoms with Gasteiger partial charge in [-0.1, -0.05) is 0 Å². The van der Waals surface area contributed by atoms with Crippen LogP contribution < -0.4 is 16.8 Å². The van der Waals surface area contributed by atoms with E-state index in [2.05, 4.69) is 5.32 Å². The molecule has 2 rings (SSSR count). The van der Waals surface area contributed by atoms with E-state index in [0.29, 0.717) is 36.8 Å². The van der Waals surface area contributed by atoms with Crippen molar-refractivity contribution in [1.82, 2.24) is 4.90 Å². The Hall–Kier alpha value is -1.48. The minimum absolute atomic E-state index is 0.0283. The molecule has 20 heavy (non-hydrogen) atoms. The summed E-state index contributed by atoms with van der Waals surface area (Å²) in [5.41, 5.74) is 11.1. The van der Waals surface area contributed by atoms with E-state index < -0.39 is 5.91 Å². The van der Waals surface area contributed by atoms with Crippen LogP contribution in [-0.4, -0.2) is 55.6 Å². The first-order valence-electron chi connectivity index (χ1n) is 6.31. The van der Waals surface area contributed by atoms with E-state index in [9.17, 15) is 9.59 Å². The van der Waals surface area contributed by atoms with Gasteiger partial charge in [0.15, 0.2) is 0 Å². The number of nitrogens with two attached hydrogens (primary N) is 2. The lowest BCUT2D eigenvalue weighted by Gasteiger charge is -2.31. The minimum atomic E-state index is -0.545. The molecule has 0 aliphatic carbocycles. The quantitative estimate of drug-likeness (QED) is 0.675. The molecule has 0 aromatic carbocycles. The molecule has 0 spiro atoms. The smallest absolute Gasteiger partial charge is 0.251 e. The second kappa shape index (κ2) is 6.80. The van der Waals surface area contributed by atoms with Crippen LogP contribution in [0.3, 0.4) is 0 Å². The van der Waals surface area contributed by atoms with Gasteiger partial charge in [-0.05, 0) is 11.4 Å². The second-order valence-electron chi connectivity index (χ2n) is 4.54. The molecule has 1 unspecified atom stereocenters. The van der Waals surface area contributed by atoms with Gasteiger partial charge in [-0.25, -0.2) is 0 Å². The summed E-state index contributed by atoms with van der Waals surface area (Å²) in [4.78, 5) is 25.1. The predicted octanol–water partition coefficient (Wildman–Crippen LogP) is -0.555. The highest BCUT2D eigenvalue weighted by molar-refractivity contribution is 7.14. The number of thiophene rings is 1. The monoisotopic (exact) mass is 298 g/mol. The average molecular weight is 298 g/mol. The van der Waals surface area contributed by atoms with Gasteiger partial charge in [-0.3, -0.25) is 14.5 Å². The Morgan fingerprint density at radius 2 is 2.35 bits per heavy atom. The lowest BCUT2D eigenvalue weighted by atomic mass is 10.2. The fraction of sp³-hybridized carbons (Fsp3) is 0.500. The van der Waals surface area contributed by atoms with Crippen molar-refractivity contribution in [1.29, 1.82) is 0 Å². The van der Waals surface area contributed by atoms with Gasteiger partial charge in [0.25, 0.3) is 5.91 Å². The Morgan fingerprint density at radius 3 is 3.05 bits per heavy atom. The normalized spacial score (nSPS) is 19.8. The Bertz CT molecular complexity index is 491. The van der Waals surface area contributed by atoms with Crippen LogP contribution in [0.5, 0.6) is 0 Å². The first-order valence-corrected chi connectivity index (χ1v) is 7.19. The lowest BCUT2D eigenvalue weighted by Crippen LogP contribution is -2.48. The summed E-state index contributed by atoms with van der Waals surface area (Å²) in [6.45, 7) is 2.58. The molecule has 5 N–H and O–H groups in total. The molecule has 7 nitrogen and oxygen atoms in total. The van der Waals surface area contributed by atoms with Crippen LogP contribution in [0.4, 0.5) is 5.00 Å². The molecule has 110 valence electrons. The number of anilines is 1. The molecule has 0 saturated carbocycles. The van der Waals surface area contributed by atoms with Crippen LogP contribution in [-0.2, 0) is 9.53 Å². The number of nitrogens with zero attached hydrogens (tertiary/aromatic N) is 1. The standard InChI is InChI=1S/C12H18N4O3S/c13-5-8-6-16(2-3-19-8)7-10(17)15-12-9(11(14)18)1-4-20-12/h1,4,8H,2-3,5-7,13H2,(H2,14,18)(H,15,17). The van der Waals surface area contributed by atoms with E-state index in [-0.39, 0.29) is 18.6 Å². The molecule has 2 heterocycles. The Labute approximate surface area is 120 Å². The highest BCUT2D eigenvalue weighted by Gasteiger charge is 2.21. The van der Waals surface area contributed by atoms with Gasteiger partial charge in [0.05, 0.1) is 24.8 Å². The molecule has 1 atom stereocenters. The van der Waals surface area contributed by atoms with Crippen molar-refractivity contribution >= 4 is 28.2 Å². The molecule has 1 aromatic rings. The zero-order valence-electron chi connectivity index (χ0n) is 11.0. The number of primary amides is 1. The molecular weight excluding hydrogens is 280 g/mol. The molecule has 0 radical (unpaired) electrons. The summed E-state index contributed by atoms with van der Waals surface area (Å²) in [6, 6.07) is 1.60. The van der Waals surface area contributed by atoms with Crippen LogP contribution in [0.2, 0.25) is 0 Å². The molecule has 2 amide bonds. The number of ether oxygens (including phenoxy) is 1. The van der Waals surface area contributed by atoms with Crippen LogP contribution in [0.15, 0.2) is 11.4 Å². The van der Waals surface area contributed by atoms with Gasteiger partial charge in [-0.15, -0.1) is 11.3 Å². The molecule has 8 heteroatoms. The van der Waals surface area contributed by atoms with E-state index in [0.717, 1.165) is 0 Å². The zero-order valence-corrected chi connectivity index (χ0v) is 11.8. The minimum Gasteiger partial charge on any atom is -0.374 e. The summed E-state index contributed by atoms with van der Waals surface area (Å²) in [7, 11) is 0. The van der Waals surface area contributed by atoms with E-state index in [1.54, 1.807) is 11.4 Å². The largest absolute Gasteiger partial charge is 0.374 e. The van der Waals surface area contributed by atoms with Crippen molar-refractivity contribution in [2.45, 2.75) is 6.10 Å². The van der Waals surface area contributed by atoms with Crippen LogP contribution in [0.1, 0.15) is 10.4 Å². The number of carbonyl (C=O) groups is 2. The Balaban J connectivity index is 1.89. The second-order valence-corrected chi connectivity index (χ2v) is 5.46. The van der Waals surface area contributed by atoms with Gasteiger partial charge in [0.1, 0.15) is 5.00 Å². The SMILES string of the molecule is NCC1CN(CC(=O)Nc2sccc2C(N)=O)CCO1. The van der Waals surface area contributed by atoms with Crippen molar-refractivity contribution in [3.05, 3.63) is 17.0 Å². The maximum absolute atomic E-state index is 12.0. The fourth-order valence-electron chi connectivity index (χ4n) is 2.04. The van der Waals surface area contributed by atoms with Crippen molar-refractivity contribution in [3.63, 3.8) is 0 Å². The molecule has 1 aliphatic rings. The molecular formula is C12H18N4O3S. The Morgan fingerprint density at radius 1 is 1.55 bits per heavy atom. The van der Waals surface area contributed by atoms with Crippen molar-refractivity contribution < 1.29 is 14.3 Å². The number of morpholine rings is 1. The third kappa shape index (κ3) is 3.76. The zero-order chi connectivity index (χ0) is 14.5. The van der Waals surface area contributed by atoms with Gasteiger partial charge in [0, 0.05) is 19.6 Å². The summed E-state index contributed by atoms with van der Waals surface area (Å²) in [6.07, 6.45) is -0.0283. The fourth-order valence-corrected chi connectivity index (χ4v) is 2.84. The molecule has 1 fully saturated rings. The third-order valence-electron chi connectivity index (χ3n) is 3.04. The molecule has 0 bridgehead atoms. The number of carbonyl (C=O) groups excluding carboxylic acids is 2. The predicted molar refractivity (Wildman–Crippen MR) is 76.7 cm³/mol.